The summed E-state index contributed by atoms with van der Waals surface area (Å²) in [6.45, 7) is 0. The minimum atomic E-state index is -0.251. The standard InChI is InChI=1S/C8H7FN2/c1-11-7(9)5-6-3-2-4-10-8(6)11/h2-5H,1H3. The number of halogens is 1. The maximum absolute atomic E-state index is 12.9. The first-order chi connectivity index (χ1) is 5.29. The first kappa shape index (κ1) is 6.34. The molecule has 0 atom stereocenters. The third-order valence-electron chi connectivity index (χ3n) is 1.73. The summed E-state index contributed by atoms with van der Waals surface area (Å²) in [5, 5.41) is 0.840. The van der Waals surface area contributed by atoms with Gasteiger partial charge in [-0.3, -0.25) is 0 Å². The van der Waals surface area contributed by atoms with E-state index in [0.717, 1.165) is 5.39 Å². The van der Waals surface area contributed by atoms with E-state index in [2.05, 4.69) is 4.98 Å². The summed E-state index contributed by atoms with van der Waals surface area (Å²) in [5.74, 6) is -0.251. The van der Waals surface area contributed by atoms with Crippen LogP contribution in [0.25, 0.3) is 11.0 Å². The van der Waals surface area contributed by atoms with E-state index in [4.69, 9.17) is 0 Å². The number of rotatable bonds is 0. The smallest absolute Gasteiger partial charge is 0.195 e. The predicted octanol–water partition coefficient (Wildman–Crippen LogP) is 1.71. The Bertz CT molecular complexity index is 392. The second kappa shape index (κ2) is 2.05. The summed E-state index contributed by atoms with van der Waals surface area (Å²) in [6.07, 6.45) is 1.65. The Labute approximate surface area is 63.3 Å². The Morgan fingerprint density at radius 1 is 1.55 bits per heavy atom. The van der Waals surface area contributed by atoms with Gasteiger partial charge in [0.05, 0.1) is 0 Å². The summed E-state index contributed by atoms with van der Waals surface area (Å²) in [4.78, 5) is 4.02. The largest absolute Gasteiger partial charge is 0.305 e. The van der Waals surface area contributed by atoms with Gasteiger partial charge in [0, 0.05) is 24.7 Å². The minimum absolute atomic E-state index is 0.251. The van der Waals surface area contributed by atoms with Gasteiger partial charge in [0.25, 0.3) is 0 Å². The first-order valence-corrected chi connectivity index (χ1v) is 3.35. The van der Waals surface area contributed by atoms with Gasteiger partial charge in [-0.25, -0.2) is 4.98 Å². The van der Waals surface area contributed by atoms with Gasteiger partial charge in [-0.2, -0.15) is 4.39 Å². The van der Waals surface area contributed by atoms with Crippen molar-refractivity contribution in [2.75, 3.05) is 0 Å². The van der Waals surface area contributed by atoms with Gasteiger partial charge in [0.2, 0.25) is 0 Å². The van der Waals surface area contributed by atoms with E-state index in [-0.39, 0.29) is 5.95 Å². The highest BCUT2D eigenvalue weighted by molar-refractivity contribution is 5.75. The highest BCUT2D eigenvalue weighted by Crippen LogP contribution is 2.13. The van der Waals surface area contributed by atoms with Gasteiger partial charge in [-0.05, 0) is 12.1 Å². The van der Waals surface area contributed by atoms with Crippen molar-refractivity contribution in [1.29, 1.82) is 0 Å². The van der Waals surface area contributed by atoms with Crippen LogP contribution in [0, 0.1) is 5.95 Å². The lowest BCUT2D eigenvalue weighted by molar-refractivity contribution is 0.541. The second-order valence-electron chi connectivity index (χ2n) is 2.44. The summed E-state index contributed by atoms with van der Waals surface area (Å²) in [6, 6.07) is 5.11. The molecule has 0 N–H and O–H groups in total. The highest BCUT2D eigenvalue weighted by Gasteiger charge is 2.03. The number of nitrogens with zero attached hydrogens (tertiary/aromatic N) is 2. The van der Waals surface area contributed by atoms with E-state index >= 15 is 0 Å². The number of hydrogen-bond acceptors (Lipinski definition) is 1. The number of aromatic nitrogens is 2. The zero-order valence-electron chi connectivity index (χ0n) is 6.08. The number of hydrogen-bond donors (Lipinski definition) is 0. The number of fused-ring (bicyclic) bond motifs is 1. The van der Waals surface area contributed by atoms with Gasteiger partial charge in [0.1, 0.15) is 5.65 Å². The monoisotopic (exact) mass is 150 g/mol. The fourth-order valence-electron chi connectivity index (χ4n) is 1.13. The molecule has 2 rings (SSSR count). The van der Waals surface area contributed by atoms with Crippen molar-refractivity contribution < 1.29 is 4.39 Å². The molecule has 2 aromatic heterocycles. The normalized spacial score (nSPS) is 10.7. The quantitative estimate of drug-likeness (QED) is 0.559. The third kappa shape index (κ3) is 0.808. The minimum Gasteiger partial charge on any atom is -0.305 e. The molecule has 0 saturated carbocycles. The van der Waals surface area contributed by atoms with Gasteiger partial charge in [-0.1, -0.05) is 0 Å². The molecule has 0 unspecified atom stereocenters. The molecule has 0 fully saturated rings. The van der Waals surface area contributed by atoms with Crippen LogP contribution in [0.4, 0.5) is 4.39 Å². The molecule has 56 valence electrons. The SMILES string of the molecule is Cn1c(F)cc2cccnc21. The van der Waals surface area contributed by atoms with Crippen molar-refractivity contribution in [3.05, 3.63) is 30.3 Å². The van der Waals surface area contributed by atoms with E-state index in [0.29, 0.717) is 5.65 Å². The highest BCUT2D eigenvalue weighted by atomic mass is 19.1. The van der Waals surface area contributed by atoms with Crippen LogP contribution in [-0.2, 0) is 7.05 Å². The molecule has 0 aliphatic rings. The molecule has 0 aliphatic heterocycles. The molecule has 0 aliphatic carbocycles. The zero-order chi connectivity index (χ0) is 7.84. The second-order valence-corrected chi connectivity index (χ2v) is 2.44. The van der Waals surface area contributed by atoms with Crippen molar-refractivity contribution in [2.45, 2.75) is 0 Å². The molecule has 0 bridgehead atoms. The maximum Gasteiger partial charge on any atom is 0.195 e. The van der Waals surface area contributed by atoms with E-state index in [1.54, 1.807) is 19.3 Å². The van der Waals surface area contributed by atoms with Crippen LogP contribution in [0.5, 0.6) is 0 Å². The Kier molecular flexibility index (Phi) is 1.18. The molecule has 3 heteroatoms. The Hall–Kier alpha value is -1.38. The third-order valence-corrected chi connectivity index (χ3v) is 1.73. The van der Waals surface area contributed by atoms with Crippen LogP contribution in [0.3, 0.4) is 0 Å². The zero-order valence-corrected chi connectivity index (χ0v) is 6.08. The molecule has 2 aromatic rings. The molecule has 0 saturated heterocycles. The van der Waals surface area contributed by atoms with E-state index in [1.807, 2.05) is 6.07 Å². The predicted molar refractivity (Wildman–Crippen MR) is 40.7 cm³/mol. The molecule has 2 nitrogen and oxygen atoms in total. The van der Waals surface area contributed by atoms with Crippen molar-refractivity contribution in [3.8, 4) is 0 Å². The van der Waals surface area contributed by atoms with Gasteiger partial charge in [0.15, 0.2) is 5.95 Å². The van der Waals surface area contributed by atoms with Crippen LogP contribution < -0.4 is 0 Å². The Morgan fingerprint density at radius 2 is 2.36 bits per heavy atom. The Morgan fingerprint density at radius 3 is 3.09 bits per heavy atom. The van der Waals surface area contributed by atoms with Crippen LogP contribution in [0.1, 0.15) is 0 Å². The summed E-state index contributed by atoms with van der Waals surface area (Å²) < 4.78 is 14.3. The van der Waals surface area contributed by atoms with E-state index in [9.17, 15) is 4.39 Å². The van der Waals surface area contributed by atoms with Crippen LogP contribution in [0.15, 0.2) is 24.4 Å². The summed E-state index contributed by atoms with van der Waals surface area (Å²) in [7, 11) is 1.66. The molecule has 11 heavy (non-hydrogen) atoms. The lowest BCUT2D eigenvalue weighted by Crippen LogP contribution is -1.91. The molecule has 0 radical (unpaired) electrons. The van der Waals surface area contributed by atoms with Gasteiger partial charge in [-0.15, -0.1) is 0 Å². The topological polar surface area (TPSA) is 17.8 Å². The average Bonchev–Trinajstić information content (AvgIpc) is 2.30. The molecular formula is C8H7FN2. The molecule has 0 spiro atoms. The van der Waals surface area contributed by atoms with E-state index < -0.39 is 0 Å². The fraction of sp³-hybridized carbons (Fsp3) is 0.125. The lowest BCUT2D eigenvalue weighted by atomic mass is 10.3. The van der Waals surface area contributed by atoms with Crippen molar-refractivity contribution >= 4 is 11.0 Å². The van der Waals surface area contributed by atoms with Crippen LogP contribution in [0.2, 0.25) is 0 Å². The van der Waals surface area contributed by atoms with Crippen molar-refractivity contribution in [2.24, 2.45) is 7.05 Å². The van der Waals surface area contributed by atoms with Gasteiger partial charge >= 0.3 is 0 Å². The van der Waals surface area contributed by atoms with Crippen LogP contribution >= 0.6 is 0 Å². The first-order valence-electron chi connectivity index (χ1n) is 3.35. The maximum atomic E-state index is 12.9. The number of pyridine rings is 1. The van der Waals surface area contributed by atoms with Crippen molar-refractivity contribution in [3.63, 3.8) is 0 Å². The van der Waals surface area contributed by atoms with Gasteiger partial charge < -0.3 is 4.57 Å². The molecule has 0 amide bonds. The molecular weight excluding hydrogens is 143 g/mol. The molecule has 2 heterocycles. The van der Waals surface area contributed by atoms with E-state index in [1.165, 1.54) is 10.6 Å². The summed E-state index contributed by atoms with van der Waals surface area (Å²) in [5.41, 5.74) is 0.685. The lowest BCUT2D eigenvalue weighted by Gasteiger charge is -1.92. The summed E-state index contributed by atoms with van der Waals surface area (Å²) >= 11 is 0. The van der Waals surface area contributed by atoms with Crippen molar-refractivity contribution in [1.82, 2.24) is 9.55 Å². The average molecular weight is 150 g/mol. The fourth-order valence-corrected chi connectivity index (χ4v) is 1.13. The Balaban J connectivity index is 2.92. The number of aryl methyl sites for hydroxylation is 1. The molecule has 0 aromatic carbocycles. The van der Waals surface area contributed by atoms with Crippen LogP contribution in [-0.4, -0.2) is 9.55 Å².